The van der Waals surface area contributed by atoms with Crippen molar-refractivity contribution >= 4 is 6.29 Å². The Labute approximate surface area is 107 Å². The van der Waals surface area contributed by atoms with Gasteiger partial charge in [0.15, 0.2) is 17.8 Å². The third-order valence-corrected chi connectivity index (χ3v) is 3.20. The molecule has 3 rings (SSSR count). The van der Waals surface area contributed by atoms with E-state index in [4.69, 9.17) is 15.2 Å². The maximum Gasteiger partial charge on any atom is 0.231 e. The third-order valence-electron chi connectivity index (χ3n) is 3.20. The summed E-state index contributed by atoms with van der Waals surface area (Å²) in [7, 11) is 0. The van der Waals surface area contributed by atoms with Gasteiger partial charge in [-0.1, -0.05) is 25.3 Å². The van der Waals surface area contributed by atoms with Crippen LogP contribution in [0.25, 0.3) is 0 Å². The number of ether oxygens (including phenoxy) is 2. The van der Waals surface area contributed by atoms with Gasteiger partial charge in [-0.15, -0.1) is 0 Å². The van der Waals surface area contributed by atoms with Crippen molar-refractivity contribution in [1.29, 1.82) is 0 Å². The Bertz CT molecular complexity index is 400. The smallest absolute Gasteiger partial charge is 0.231 e. The van der Waals surface area contributed by atoms with Gasteiger partial charge in [0, 0.05) is 6.04 Å². The number of carbonyl (C=O) groups excluding carboxylic acids is 1. The Morgan fingerprint density at radius 3 is 2.56 bits per heavy atom. The summed E-state index contributed by atoms with van der Waals surface area (Å²) in [4.78, 5) is 10.4. The molecule has 1 aromatic rings. The molecule has 0 radical (unpaired) electrons. The molecular weight excluding hydrogens is 230 g/mol. The van der Waals surface area contributed by atoms with E-state index >= 15 is 0 Å². The maximum atomic E-state index is 10.4. The lowest BCUT2D eigenvalue weighted by atomic mass is 9.97. The zero-order valence-electron chi connectivity index (χ0n) is 10.4. The molecule has 0 aromatic heterocycles. The summed E-state index contributed by atoms with van der Waals surface area (Å²) in [6.45, 7) is 0.209. The van der Waals surface area contributed by atoms with E-state index in [0.717, 1.165) is 6.29 Å². The van der Waals surface area contributed by atoms with E-state index in [-0.39, 0.29) is 6.79 Å². The van der Waals surface area contributed by atoms with E-state index < -0.39 is 0 Å². The first-order chi connectivity index (χ1) is 8.81. The highest BCUT2D eigenvalue weighted by molar-refractivity contribution is 5.81. The number of nitrogens with two attached hydrogens (primary N) is 1. The van der Waals surface area contributed by atoms with Crippen LogP contribution in [0.5, 0.6) is 11.5 Å². The molecule has 0 amide bonds. The van der Waals surface area contributed by atoms with Gasteiger partial charge in [-0.05, 0) is 25.0 Å². The van der Waals surface area contributed by atoms with Crippen LogP contribution in [-0.4, -0.2) is 19.1 Å². The van der Waals surface area contributed by atoms with Gasteiger partial charge in [-0.3, -0.25) is 4.79 Å². The molecule has 1 heterocycles. The van der Waals surface area contributed by atoms with Crippen LogP contribution in [-0.2, 0) is 0 Å². The molecule has 0 saturated heterocycles. The van der Waals surface area contributed by atoms with Crippen molar-refractivity contribution in [2.45, 2.75) is 38.1 Å². The van der Waals surface area contributed by atoms with Crippen LogP contribution in [0.15, 0.2) is 18.2 Å². The fourth-order valence-electron chi connectivity index (χ4n) is 2.18. The van der Waals surface area contributed by atoms with Crippen molar-refractivity contribution in [1.82, 2.24) is 0 Å². The van der Waals surface area contributed by atoms with Crippen LogP contribution in [0, 0.1) is 0 Å². The first-order valence-electron chi connectivity index (χ1n) is 6.40. The predicted octanol–water partition coefficient (Wildman–Crippen LogP) is 2.51. The Hall–Kier alpha value is -1.55. The number of aldehydes is 1. The first kappa shape index (κ1) is 12.9. The molecule has 1 aromatic carbocycles. The molecule has 2 aliphatic rings. The summed E-state index contributed by atoms with van der Waals surface area (Å²) in [5.74, 6) is 1.21. The first-order valence-corrected chi connectivity index (χ1v) is 6.40. The largest absolute Gasteiger partial charge is 0.454 e. The average Bonchev–Trinajstić information content (AvgIpc) is 2.88. The monoisotopic (exact) mass is 249 g/mol. The van der Waals surface area contributed by atoms with Crippen molar-refractivity contribution in [2.75, 3.05) is 6.79 Å². The number of fused-ring (bicyclic) bond motifs is 1. The second-order valence-electron chi connectivity index (χ2n) is 4.60. The second-order valence-corrected chi connectivity index (χ2v) is 4.60. The molecular formula is C14H19NO3. The second kappa shape index (κ2) is 6.40. The lowest BCUT2D eigenvalue weighted by Gasteiger charge is -2.15. The Balaban J connectivity index is 0.000000149. The molecule has 4 nitrogen and oxygen atoms in total. The van der Waals surface area contributed by atoms with E-state index in [9.17, 15) is 4.79 Å². The van der Waals surface area contributed by atoms with Crippen molar-refractivity contribution < 1.29 is 14.3 Å². The lowest BCUT2D eigenvalue weighted by Crippen LogP contribution is -2.22. The summed E-state index contributed by atoms with van der Waals surface area (Å²) >= 11 is 0. The van der Waals surface area contributed by atoms with Gasteiger partial charge in [-0.2, -0.15) is 0 Å². The summed E-state index contributed by atoms with van der Waals surface area (Å²) in [5.41, 5.74) is 6.18. The molecule has 0 spiro atoms. The predicted molar refractivity (Wildman–Crippen MR) is 69.0 cm³/mol. The molecule has 2 N–H and O–H groups in total. The zero-order chi connectivity index (χ0) is 12.8. The van der Waals surface area contributed by atoms with E-state index in [2.05, 4.69) is 0 Å². The van der Waals surface area contributed by atoms with E-state index in [1.165, 1.54) is 32.1 Å². The van der Waals surface area contributed by atoms with Gasteiger partial charge in [0.25, 0.3) is 0 Å². The standard InChI is InChI=1S/C8H6O3.C6H13N/c9-4-6-2-1-3-7-8(6)11-5-10-7;7-6-4-2-1-3-5-6/h1-4H,5H2;6H,1-5,7H2. The number of hydrogen-bond acceptors (Lipinski definition) is 4. The van der Waals surface area contributed by atoms with Crippen molar-refractivity contribution in [3.05, 3.63) is 23.8 Å². The zero-order valence-corrected chi connectivity index (χ0v) is 10.4. The van der Waals surface area contributed by atoms with Crippen LogP contribution in [0.4, 0.5) is 0 Å². The molecule has 4 heteroatoms. The summed E-state index contributed by atoms with van der Waals surface area (Å²) in [6.07, 6.45) is 7.42. The molecule has 1 saturated carbocycles. The molecule has 98 valence electrons. The van der Waals surface area contributed by atoms with Crippen LogP contribution in [0.1, 0.15) is 42.5 Å². The van der Waals surface area contributed by atoms with Gasteiger partial charge >= 0.3 is 0 Å². The number of rotatable bonds is 1. The Morgan fingerprint density at radius 1 is 1.17 bits per heavy atom. The van der Waals surface area contributed by atoms with Crippen LogP contribution >= 0.6 is 0 Å². The number of hydrogen-bond donors (Lipinski definition) is 1. The topological polar surface area (TPSA) is 61.6 Å². The van der Waals surface area contributed by atoms with Gasteiger partial charge in [0.2, 0.25) is 6.79 Å². The minimum Gasteiger partial charge on any atom is -0.454 e. The third kappa shape index (κ3) is 3.23. The molecule has 0 unspecified atom stereocenters. The average molecular weight is 249 g/mol. The van der Waals surface area contributed by atoms with Gasteiger partial charge in [0.1, 0.15) is 0 Å². The van der Waals surface area contributed by atoms with E-state index in [1.54, 1.807) is 18.2 Å². The molecule has 1 aliphatic carbocycles. The highest BCUT2D eigenvalue weighted by atomic mass is 16.7. The van der Waals surface area contributed by atoms with Crippen LogP contribution in [0.3, 0.4) is 0 Å². The Morgan fingerprint density at radius 2 is 1.94 bits per heavy atom. The van der Waals surface area contributed by atoms with Gasteiger partial charge in [-0.25, -0.2) is 0 Å². The molecule has 1 aliphatic heterocycles. The lowest BCUT2D eigenvalue weighted by molar-refractivity contribution is 0.111. The summed E-state index contributed by atoms with van der Waals surface area (Å²) < 4.78 is 10.1. The van der Waals surface area contributed by atoms with E-state index in [1.807, 2.05) is 0 Å². The van der Waals surface area contributed by atoms with Gasteiger partial charge in [0.05, 0.1) is 5.56 Å². The minimum atomic E-state index is 0.209. The molecule has 1 fully saturated rings. The number of benzene rings is 1. The fourth-order valence-corrected chi connectivity index (χ4v) is 2.18. The van der Waals surface area contributed by atoms with Crippen molar-refractivity contribution in [2.24, 2.45) is 5.73 Å². The number of para-hydroxylation sites is 1. The normalized spacial score (nSPS) is 17.8. The van der Waals surface area contributed by atoms with Crippen molar-refractivity contribution in [3.63, 3.8) is 0 Å². The van der Waals surface area contributed by atoms with Crippen LogP contribution in [0.2, 0.25) is 0 Å². The molecule has 0 bridgehead atoms. The summed E-state index contributed by atoms with van der Waals surface area (Å²) in [6, 6.07) is 5.77. The Kier molecular flexibility index (Phi) is 4.59. The minimum absolute atomic E-state index is 0.209. The van der Waals surface area contributed by atoms with E-state index in [0.29, 0.717) is 23.1 Å². The number of carbonyl (C=O) groups is 1. The fraction of sp³-hybridized carbons (Fsp3) is 0.500. The molecule has 0 atom stereocenters. The van der Waals surface area contributed by atoms with Crippen LogP contribution < -0.4 is 15.2 Å². The highest BCUT2D eigenvalue weighted by Gasteiger charge is 2.15. The summed E-state index contributed by atoms with van der Waals surface area (Å²) in [5, 5.41) is 0. The SMILES string of the molecule is NC1CCCCC1.O=Cc1cccc2c1OCO2. The van der Waals surface area contributed by atoms with Gasteiger partial charge < -0.3 is 15.2 Å². The van der Waals surface area contributed by atoms with Crippen molar-refractivity contribution in [3.8, 4) is 11.5 Å². The highest BCUT2D eigenvalue weighted by Crippen LogP contribution is 2.33. The maximum absolute atomic E-state index is 10.4. The molecule has 18 heavy (non-hydrogen) atoms. The quantitative estimate of drug-likeness (QED) is 0.777.